The Bertz CT molecular complexity index is 1080. The first kappa shape index (κ1) is 26.4. The maximum atomic E-state index is 13.2. The number of carbonyl (C=O) groups is 3. The smallest absolute Gasteiger partial charge is 0.329 e. The van der Waals surface area contributed by atoms with Gasteiger partial charge in [0.2, 0.25) is 0 Å². The molecule has 0 saturated heterocycles. The summed E-state index contributed by atoms with van der Waals surface area (Å²) in [5.74, 6) is -3.33. The molecule has 34 heavy (non-hydrogen) atoms. The van der Waals surface area contributed by atoms with Crippen molar-refractivity contribution in [2.45, 2.75) is 46.1 Å². The fourth-order valence-electron chi connectivity index (χ4n) is 3.02. The van der Waals surface area contributed by atoms with Crippen molar-refractivity contribution in [3.63, 3.8) is 0 Å². The zero-order valence-electron chi connectivity index (χ0n) is 19.7. The van der Waals surface area contributed by atoms with E-state index < -0.39 is 46.9 Å². The van der Waals surface area contributed by atoms with Crippen molar-refractivity contribution in [3.8, 4) is 0 Å². The quantitative estimate of drug-likeness (QED) is 0.339. The van der Waals surface area contributed by atoms with Crippen LogP contribution in [0.3, 0.4) is 0 Å². The fourth-order valence-corrected chi connectivity index (χ4v) is 3.02. The number of carbonyl (C=O) groups excluding carboxylic acids is 3. The molecule has 0 saturated carbocycles. The first-order chi connectivity index (χ1) is 15.8. The molecule has 2 aromatic carbocycles. The van der Waals surface area contributed by atoms with Gasteiger partial charge in [-0.25, -0.2) is 9.18 Å². The van der Waals surface area contributed by atoms with E-state index in [9.17, 15) is 28.9 Å². The number of nitro groups is 1. The van der Waals surface area contributed by atoms with Gasteiger partial charge in [0.25, 0.3) is 17.5 Å². The summed E-state index contributed by atoms with van der Waals surface area (Å²) in [5.41, 5.74) is 0.474. The third-order valence-electron chi connectivity index (χ3n) is 5.00. The molecule has 0 aliphatic rings. The van der Waals surface area contributed by atoms with Gasteiger partial charge in [0.1, 0.15) is 17.5 Å². The lowest BCUT2D eigenvalue weighted by Crippen LogP contribution is -2.46. The lowest BCUT2D eigenvalue weighted by molar-refractivity contribution is -0.384. The molecule has 0 radical (unpaired) electrons. The maximum Gasteiger partial charge on any atom is 0.329 e. The van der Waals surface area contributed by atoms with Crippen LogP contribution in [0.4, 0.5) is 15.8 Å². The van der Waals surface area contributed by atoms with E-state index >= 15 is 0 Å². The number of nitrogens with one attached hydrogen (secondary N) is 2. The number of benzene rings is 2. The molecule has 0 heterocycles. The Kier molecular flexibility index (Phi) is 8.45. The molecule has 2 N–H and O–H groups in total. The summed E-state index contributed by atoms with van der Waals surface area (Å²) < 4.78 is 18.3. The van der Waals surface area contributed by atoms with E-state index in [2.05, 4.69) is 31.4 Å². The standard InChI is InChI=1S/C24H28FN3O6/c1-14(2)21(27-22(30)15-6-8-16(9-7-15)24(3,4)5)23(31)34-13-20(29)26-18-11-10-17(25)12-19(18)28(32)33/h6-12,14,21H,13H2,1-5H3,(H,26,29)(H,27,30)/t21-/m0/s1. The number of amides is 2. The summed E-state index contributed by atoms with van der Waals surface area (Å²) >= 11 is 0. The van der Waals surface area contributed by atoms with Crippen molar-refractivity contribution in [1.29, 1.82) is 0 Å². The molecule has 9 nitrogen and oxygen atoms in total. The monoisotopic (exact) mass is 473 g/mol. The fraction of sp³-hybridized carbons (Fsp3) is 0.375. The molecule has 0 aromatic heterocycles. The Labute approximate surface area is 196 Å². The molecule has 0 aliphatic heterocycles. The SMILES string of the molecule is CC(C)[C@H](NC(=O)c1ccc(C(C)(C)C)cc1)C(=O)OCC(=O)Nc1ccc(F)cc1[N+](=O)[O-]. The number of nitrogens with zero attached hydrogens (tertiary/aromatic N) is 1. The third kappa shape index (κ3) is 7.09. The van der Waals surface area contributed by atoms with Gasteiger partial charge in [-0.2, -0.15) is 0 Å². The first-order valence-corrected chi connectivity index (χ1v) is 10.6. The topological polar surface area (TPSA) is 128 Å². The van der Waals surface area contributed by atoms with Crippen LogP contribution in [0.1, 0.15) is 50.5 Å². The van der Waals surface area contributed by atoms with Crippen LogP contribution in [-0.2, 0) is 19.7 Å². The molecule has 0 aliphatic carbocycles. The Morgan fingerprint density at radius 3 is 2.24 bits per heavy atom. The number of hydrogen-bond donors (Lipinski definition) is 2. The van der Waals surface area contributed by atoms with E-state index in [4.69, 9.17) is 4.74 Å². The van der Waals surface area contributed by atoms with Crippen LogP contribution in [0.2, 0.25) is 0 Å². The normalized spacial score (nSPS) is 12.1. The van der Waals surface area contributed by atoms with E-state index in [0.717, 1.165) is 17.7 Å². The molecule has 2 aromatic rings. The highest BCUT2D eigenvalue weighted by molar-refractivity contribution is 5.98. The second-order valence-electron chi connectivity index (χ2n) is 9.10. The average molecular weight is 474 g/mol. The maximum absolute atomic E-state index is 13.2. The zero-order chi connectivity index (χ0) is 25.6. The van der Waals surface area contributed by atoms with Crippen molar-refractivity contribution in [3.05, 3.63) is 69.5 Å². The van der Waals surface area contributed by atoms with E-state index in [-0.39, 0.29) is 17.0 Å². The van der Waals surface area contributed by atoms with Crippen molar-refractivity contribution in [1.82, 2.24) is 5.32 Å². The number of esters is 1. The predicted octanol–water partition coefficient (Wildman–Crippen LogP) is 3.97. The van der Waals surface area contributed by atoms with Crippen LogP contribution in [0, 0.1) is 21.8 Å². The summed E-state index contributed by atoms with van der Waals surface area (Å²) in [4.78, 5) is 47.5. The molecule has 0 unspecified atom stereocenters. The van der Waals surface area contributed by atoms with Crippen LogP contribution in [0.15, 0.2) is 42.5 Å². The number of hydrogen-bond acceptors (Lipinski definition) is 6. The highest BCUT2D eigenvalue weighted by Crippen LogP contribution is 2.25. The van der Waals surface area contributed by atoms with Crippen molar-refractivity contribution >= 4 is 29.2 Å². The van der Waals surface area contributed by atoms with Gasteiger partial charge in [-0.05, 0) is 41.2 Å². The van der Waals surface area contributed by atoms with Gasteiger partial charge < -0.3 is 15.4 Å². The highest BCUT2D eigenvalue weighted by atomic mass is 19.1. The van der Waals surface area contributed by atoms with Gasteiger partial charge in [-0.3, -0.25) is 19.7 Å². The minimum atomic E-state index is -1.03. The van der Waals surface area contributed by atoms with Gasteiger partial charge >= 0.3 is 5.97 Å². The number of anilines is 1. The van der Waals surface area contributed by atoms with Gasteiger partial charge in [0.15, 0.2) is 6.61 Å². The predicted molar refractivity (Wildman–Crippen MR) is 124 cm³/mol. The largest absolute Gasteiger partial charge is 0.454 e. The zero-order valence-corrected chi connectivity index (χ0v) is 19.7. The van der Waals surface area contributed by atoms with Crippen molar-refractivity contribution < 1.29 is 28.4 Å². The number of halogens is 1. The summed E-state index contributed by atoms with van der Waals surface area (Å²) in [7, 11) is 0. The molecule has 0 bridgehead atoms. The first-order valence-electron chi connectivity index (χ1n) is 10.6. The van der Waals surface area contributed by atoms with Crippen LogP contribution >= 0.6 is 0 Å². The molecule has 2 amide bonds. The minimum Gasteiger partial charge on any atom is -0.454 e. The summed E-state index contributed by atoms with van der Waals surface area (Å²) in [6.45, 7) is 8.83. The van der Waals surface area contributed by atoms with Crippen LogP contribution in [0.25, 0.3) is 0 Å². The van der Waals surface area contributed by atoms with E-state index in [1.807, 2.05) is 12.1 Å². The Morgan fingerprint density at radius 2 is 1.71 bits per heavy atom. The van der Waals surface area contributed by atoms with Crippen molar-refractivity contribution in [2.24, 2.45) is 5.92 Å². The van der Waals surface area contributed by atoms with Crippen LogP contribution in [-0.4, -0.2) is 35.4 Å². The van der Waals surface area contributed by atoms with Crippen molar-refractivity contribution in [2.75, 3.05) is 11.9 Å². The number of ether oxygens (including phenoxy) is 1. The molecule has 0 fully saturated rings. The van der Waals surface area contributed by atoms with Gasteiger partial charge in [0.05, 0.1) is 11.0 Å². The van der Waals surface area contributed by atoms with E-state index in [1.54, 1.807) is 26.0 Å². The van der Waals surface area contributed by atoms with Gasteiger partial charge in [-0.1, -0.05) is 46.8 Å². The Hall–Kier alpha value is -3.82. The number of rotatable bonds is 8. The summed E-state index contributed by atoms with van der Waals surface area (Å²) in [6.07, 6.45) is 0. The average Bonchev–Trinajstić information content (AvgIpc) is 2.76. The Morgan fingerprint density at radius 1 is 1.09 bits per heavy atom. The second kappa shape index (κ2) is 10.9. The molecular weight excluding hydrogens is 445 g/mol. The molecule has 10 heteroatoms. The molecule has 0 spiro atoms. The van der Waals surface area contributed by atoms with Crippen LogP contribution in [0.5, 0.6) is 0 Å². The van der Waals surface area contributed by atoms with E-state index in [0.29, 0.717) is 11.6 Å². The molecular formula is C24H28FN3O6. The molecule has 2 rings (SSSR count). The molecule has 1 atom stereocenters. The van der Waals surface area contributed by atoms with E-state index in [1.165, 1.54) is 0 Å². The molecule has 182 valence electrons. The second-order valence-corrected chi connectivity index (χ2v) is 9.10. The highest BCUT2D eigenvalue weighted by Gasteiger charge is 2.27. The summed E-state index contributed by atoms with van der Waals surface area (Å²) in [5, 5.41) is 15.9. The number of nitro benzene ring substituents is 1. The Balaban J connectivity index is 2.00. The lowest BCUT2D eigenvalue weighted by Gasteiger charge is -2.22. The van der Waals surface area contributed by atoms with Gasteiger partial charge in [-0.15, -0.1) is 0 Å². The van der Waals surface area contributed by atoms with Crippen LogP contribution < -0.4 is 10.6 Å². The van der Waals surface area contributed by atoms with Gasteiger partial charge in [0, 0.05) is 5.56 Å². The lowest BCUT2D eigenvalue weighted by atomic mass is 9.86. The summed E-state index contributed by atoms with van der Waals surface area (Å²) in [6, 6.07) is 8.65. The minimum absolute atomic E-state index is 0.0752. The third-order valence-corrected chi connectivity index (χ3v) is 5.00.